The van der Waals surface area contributed by atoms with Crippen LogP contribution in [-0.4, -0.2) is 50.6 Å². The summed E-state index contributed by atoms with van der Waals surface area (Å²) >= 11 is 0. The number of carbonyl (C=O) groups is 2. The summed E-state index contributed by atoms with van der Waals surface area (Å²) in [5.74, 6) is -1.29. The van der Waals surface area contributed by atoms with E-state index in [9.17, 15) is 24.8 Å². The van der Waals surface area contributed by atoms with Gasteiger partial charge in [-0.05, 0) is 37.2 Å². The fraction of sp³-hybridized carbons (Fsp3) is 0.429. The molecule has 1 amide bonds. The predicted molar refractivity (Wildman–Crippen MR) is 87.7 cm³/mol. The Balaban J connectivity index is 2.12. The maximum Gasteiger partial charge on any atom is 0.408 e. The molecule has 140 valence electrons. The molecule has 12 heteroatoms. The van der Waals surface area contributed by atoms with Crippen LogP contribution in [0, 0.1) is 10.1 Å². The highest BCUT2D eigenvalue weighted by atomic mass is 16.6. The first-order valence-corrected chi connectivity index (χ1v) is 7.44. The fourth-order valence-corrected chi connectivity index (χ4v) is 2.01. The van der Waals surface area contributed by atoms with Crippen LogP contribution in [-0.2, 0) is 9.53 Å². The van der Waals surface area contributed by atoms with E-state index in [2.05, 4.69) is 25.6 Å². The van der Waals surface area contributed by atoms with E-state index in [0.717, 1.165) is 0 Å². The summed E-state index contributed by atoms with van der Waals surface area (Å²) in [4.78, 5) is 33.4. The number of aromatic nitrogens is 2. The minimum absolute atomic E-state index is 0.0700. The highest BCUT2D eigenvalue weighted by Crippen LogP contribution is 2.28. The number of nitro benzene ring substituents is 1. The Morgan fingerprint density at radius 3 is 2.58 bits per heavy atom. The number of alkyl carbamates (subject to hydrolysis) is 1. The number of nitro groups is 1. The average Bonchev–Trinajstić information content (AvgIpc) is 2.98. The average molecular weight is 367 g/mol. The lowest BCUT2D eigenvalue weighted by Crippen LogP contribution is -2.47. The highest BCUT2D eigenvalue weighted by molar-refractivity contribution is 5.93. The van der Waals surface area contributed by atoms with Crippen molar-refractivity contribution < 1.29 is 29.0 Å². The summed E-state index contributed by atoms with van der Waals surface area (Å²) in [5, 5.41) is 32.2. The molecule has 0 radical (unpaired) electrons. The topological polar surface area (TPSA) is 170 Å². The standard InChI is InChI=1S/C14H17N5O7/c1-14(2,3)25-13(22)16-8(12(20)21)6-15-7-4-5-9(19(23)24)11-10(7)17-26-18-11/h4-5,8,15H,6H2,1-3H3,(H,16,22)(H,20,21)/t8-/m0/s1. The third kappa shape index (κ3) is 4.55. The van der Waals surface area contributed by atoms with Crippen LogP contribution in [0.4, 0.5) is 16.2 Å². The molecule has 0 saturated carbocycles. The molecule has 0 saturated heterocycles. The maximum atomic E-state index is 11.7. The minimum Gasteiger partial charge on any atom is -0.480 e. The molecule has 0 bridgehead atoms. The third-order valence-corrected chi connectivity index (χ3v) is 3.08. The van der Waals surface area contributed by atoms with Gasteiger partial charge in [-0.25, -0.2) is 14.2 Å². The second-order valence-corrected chi connectivity index (χ2v) is 6.27. The summed E-state index contributed by atoms with van der Waals surface area (Å²) < 4.78 is 9.54. The molecule has 26 heavy (non-hydrogen) atoms. The number of non-ortho nitro benzene ring substituents is 1. The van der Waals surface area contributed by atoms with Crippen LogP contribution in [0.5, 0.6) is 0 Å². The minimum atomic E-state index is -1.31. The lowest BCUT2D eigenvalue weighted by atomic mass is 10.2. The monoisotopic (exact) mass is 367 g/mol. The number of benzene rings is 1. The fourth-order valence-electron chi connectivity index (χ4n) is 2.01. The van der Waals surface area contributed by atoms with E-state index in [1.807, 2.05) is 0 Å². The Hall–Kier alpha value is -3.44. The zero-order valence-electron chi connectivity index (χ0n) is 14.2. The van der Waals surface area contributed by atoms with Crippen LogP contribution in [0.2, 0.25) is 0 Å². The largest absolute Gasteiger partial charge is 0.480 e. The van der Waals surface area contributed by atoms with Gasteiger partial charge in [0.1, 0.15) is 11.6 Å². The molecule has 2 rings (SSSR count). The van der Waals surface area contributed by atoms with Crippen molar-refractivity contribution in [2.45, 2.75) is 32.4 Å². The van der Waals surface area contributed by atoms with Gasteiger partial charge in [0.15, 0.2) is 5.52 Å². The van der Waals surface area contributed by atoms with Gasteiger partial charge in [-0.1, -0.05) is 0 Å². The Kier molecular flexibility index (Phi) is 5.24. The van der Waals surface area contributed by atoms with Crippen molar-refractivity contribution in [2.75, 3.05) is 11.9 Å². The van der Waals surface area contributed by atoms with Gasteiger partial charge in [-0.3, -0.25) is 10.1 Å². The quantitative estimate of drug-likeness (QED) is 0.502. The van der Waals surface area contributed by atoms with Gasteiger partial charge >= 0.3 is 17.7 Å². The summed E-state index contributed by atoms with van der Waals surface area (Å²) in [6, 6.07) is 1.22. The van der Waals surface area contributed by atoms with E-state index >= 15 is 0 Å². The van der Waals surface area contributed by atoms with Crippen molar-refractivity contribution in [1.29, 1.82) is 0 Å². The molecule has 0 aliphatic rings. The van der Waals surface area contributed by atoms with Crippen molar-refractivity contribution in [1.82, 2.24) is 15.6 Å². The van der Waals surface area contributed by atoms with Gasteiger partial charge in [0.25, 0.3) is 0 Å². The van der Waals surface area contributed by atoms with E-state index in [4.69, 9.17) is 4.74 Å². The summed E-state index contributed by atoms with van der Waals surface area (Å²) in [6.07, 6.45) is -0.886. The molecule has 1 aromatic heterocycles. The molecule has 0 aliphatic carbocycles. The molecule has 1 aromatic carbocycles. The zero-order chi connectivity index (χ0) is 19.5. The number of fused-ring (bicyclic) bond motifs is 1. The molecule has 0 spiro atoms. The maximum absolute atomic E-state index is 11.7. The molecular formula is C14H17N5O7. The normalized spacial score (nSPS) is 12.4. The van der Waals surface area contributed by atoms with Gasteiger partial charge in [-0.2, -0.15) is 0 Å². The lowest BCUT2D eigenvalue weighted by Gasteiger charge is -2.22. The first kappa shape index (κ1) is 18.9. The molecular weight excluding hydrogens is 350 g/mol. The number of hydrogen-bond acceptors (Lipinski definition) is 9. The first-order chi connectivity index (χ1) is 12.1. The van der Waals surface area contributed by atoms with Crippen LogP contribution in [0.1, 0.15) is 20.8 Å². The number of amides is 1. The first-order valence-electron chi connectivity index (χ1n) is 7.44. The second kappa shape index (κ2) is 7.21. The predicted octanol–water partition coefficient (Wildman–Crippen LogP) is 1.52. The molecule has 1 heterocycles. The van der Waals surface area contributed by atoms with Gasteiger partial charge in [0.2, 0.25) is 5.52 Å². The highest BCUT2D eigenvalue weighted by Gasteiger charge is 2.25. The molecule has 0 unspecified atom stereocenters. The number of anilines is 1. The van der Waals surface area contributed by atoms with E-state index in [0.29, 0.717) is 0 Å². The smallest absolute Gasteiger partial charge is 0.408 e. The van der Waals surface area contributed by atoms with Crippen molar-refractivity contribution in [2.24, 2.45) is 0 Å². The molecule has 3 N–H and O–H groups in total. The number of carbonyl (C=O) groups excluding carboxylic acids is 1. The van der Waals surface area contributed by atoms with Crippen LogP contribution in [0.25, 0.3) is 11.0 Å². The van der Waals surface area contributed by atoms with Crippen LogP contribution >= 0.6 is 0 Å². The Morgan fingerprint density at radius 1 is 1.35 bits per heavy atom. The number of carboxylic acids is 1. The van der Waals surface area contributed by atoms with Crippen LogP contribution in [0.15, 0.2) is 16.8 Å². The van der Waals surface area contributed by atoms with Gasteiger partial charge < -0.3 is 20.5 Å². The number of hydrogen-bond donors (Lipinski definition) is 3. The van der Waals surface area contributed by atoms with Crippen molar-refractivity contribution >= 4 is 34.5 Å². The Labute approximate surface area is 146 Å². The molecule has 12 nitrogen and oxygen atoms in total. The summed E-state index contributed by atoms with van der Waals surface area (Å²) in [5.41, 5.74) is -0.817. The second-order valence-electron chi connectivity index (χ2n) is 6.27. The number of rotatable bonds is 6. The van der Waals surface area contributed by atoms with Gasteiger partial charge in [0, 0.05) is 12.6 Å². The molecule has 0 aliphatic heterocycles. The lowest BCUT2D eigenvalue weighted by molar-refractivity contribution is -0.383. The molecule has 1 atom stereocenters. The number of aliphatic carboxylic acids is 1. The summed E-state index contributed by atoms with van der Waals surface area (Å²) in [7, 11) is 0. The number of ether oxygens (including phenoxy) is 1. The molecule has 2 aromatic rings. The van der Waals surface area contributed by atoms with E-state index in [-0.39, 0.29) is 29.0 Å². The summed E-state index contributed by atoms with van der Waals surface area (Å²) in [6.45, 7) is 4.71. The van der Waals surface area contributed by atoms with E-state index in [1.54, 1.807) is 20.8 Å². The van der Waals surface area contributed by atoms with Crippen LogP contribution in [0.3, 0.4) is 0 Å². The van der Waals surface area contributed by atoms with Crippen LogP contribution < -0.4 is 10.6 Å². The van der Waals surface area contributed by atoms with E-state index < -0.39 is 28.6 Å². The number of nitrogens with one attached hydrogen (secondary N) is 2. The Bertz CT molecular complexity index is 842. The number of nitrogens with zero attached hydrogens (tertiary/aromatic N) is 3. The van der Waals surface area contributed by atoms with Crippen molar-refractivity contribution in [3.05, 3.63) is 22.2 Å². The van der Waals surface area contributed by atoms with Gasteiger partial charge in [0.05, 0.1) is 10.6 Å². The van der Waals surface area contributed by atoms with Crippen molar-refractivity contribution in [3.63, 3.8) is 0 Å². The molecule has 0 fully saturated rings. The zero-order valence-corrected chi connectivity index (χ0v) is 14.2. The number of carboxylic acid groups (broad SMARTS) is 1. The SMILES string of the molecule is CC(C)(C)OC(=O)N[C@@H](CNc1ccc([N+](=O)[O-])c2nonc12)C(=O)O. The van der Waals surface area contributed by atoms with E-state index in [1.165, 1.54) is 12.1 Å². The van der Waals surface area contributed by atoms with Gasteiger partial charge in [-0.15, -0.1) is 0 Å². The Morgan fingerprint density at radius 2 is 2.00 bits per heavy atom. The van der Waals surface area contributed by atoms with Crippen molar-refractivity contribution in [3.8, 4) is 0 Å². The third-order valence-electron chi connectivity index (χ3n) is 3.08.